The third kappa shape index (κ3) is 3.72. The molecule has 1 aliphatic carbocycles. The van der Waals surface area contributed by atoms with Crippen LogP contribution in [0.25, 0.3) is 0 Å². The van der Waals surface area contributed by atoms with Crippen LogP contribution in [0.5, 0.6) is 11.5 Å². The number of fused-ring (bicyclic) bond motifs is 1. The Kier molecular flexibility index (Phi) is 6.02. The van der Waals surface area contributed by atoms with Crippen LogP contribution in [-0.2, 0) is 32.2 Å². The van der Waals surface area contributed by atoms with Gasteiger partial charge in [-0.05, 0) is 43.9 Å². The highest BCUT2D eigenvalue weighted by atomic mass is 32.2. The first-order chi connectivity index (χ1) is 14.2. The fraction of sp³-hybridized carbons (Fsp3) is 0.333. The summed E-state index contributed by atoms with van der Waals surface area (Å²) < 4.78 is 36.7. The number of hydrogen-bond donors (Lipinski definition) is 2. The number of phenols is 2. The van der Waals surface area contributed by atoms with Gasteiger partial charge in [-0.3, -0.25) is 0 Å². The van der Waals surface area contributed by atoms with Crippen molar-refractivity contribution >= 4 is 21.8 Å². The second-order valence-electron chi connectivity index (χ2n) is 6.78. The molecule has 1 aliphatic rings. The molecule has 8 nitrogen and oxygen atoms in total. The summed E-state index contributed by atoms with van der Waals surface area (Å²) in [7, 11) is -4.34. The van der Waals surface area contributed by atoms with Gasteiger partial charge in [0.15, 0.2) is 9.84 Å². The molecule has 0 bridgehead atoms. The second-order valence-corrected chi connectivity index (χ2v) is 8.95. The van der Waals surface area contributed by atoms with E-state index in [1.165, 1.54) is 13.8 Å². The van der Waals surface area contributed by atoms with E-state index in [2.05, 4.69) is 0 Å². The van der Waals surface area contributed by atoms with Gasteiger partial charge in [0.25, 0.3) is 0 Å². The van der Waals surface area contributed by atoms with Crippen LogP contribution in [0, 0.1) is 0 Å². The Balaban J connectivity index is 2.20. The molecular formula is C21H22O8S. The van der Waals surface area contributed by atoms with E-state index in [4.69, 9.17) is 9.47 Å². The molecule has 0 radical (unpaired) electrons. The van der Waals surface area contributed by atoms with Crippen LogP contribution >= 0.6 is 0 Å². The first-order valence-electron chi connectivity index (χ1n) is 9.46. The normalized spacial score (nSPS) is 13.7. The Hall–Kier alpha value is -3.07. The lowest BCUT2D eigenvalue weighted by molar-refractivity contribution is 0.0500. The maximum Gasteiger partial charge on any atom is 0.343 e. The molecule has 0 spiro atoms. The number of sulfone groups is 1. The maximum atomic E-state index is 13.5. The van der Waals surface area contributed by atoms with E-state index in [9.17, 15) is 28.2 Å². The monoisotopic (exact) mass is 434 g/mol. The van der Waals surface area contributed by atoms with Crippen LogP contribution in [0.2, 0.25) is 0 Å². The van der Waals surface area contributed by atoms with E-state index in [0.717, 1.165) is 17.2 Å². The Bertz CT molecular complexity index is 1080. The van der Waals surface area contributed by atoms with Crippen LogP contribution in [0.4, 0.5) is 0 Å². The first-order valence-corrected chi connectivity index (χ1v) is 11.0. The van der Waals surface area contributed by atoms with Gasteiger partial charge in [-0.1, -0.05) is 24.3 Å². The van der Waals surface area contributed by atoms with Crippen LogP contribution < -0.4 is 0 Å². The SMILES string of the molecule is CCOC(=O)c1cc(O)c(C(=O)OCC)c(S(=O)(=O)C2Cc3ccccc3C2)c1O. The third-order valence-electron chi connectivity index (χ3n) is 4.95. The van der Waals surface area contributed by atoms with Crippen molar-refractivity contribution in [2.24, 2.45) is 0 Å². The van der Waals surface area contributed by atoms with Crippen molar-refractivity contribution in [2.45, 2.75) is 36.8 Å². The molecule has 160 valence electrons. The van der Waals surface area contributed by atoms with Crippen molar-refractivity contribution in [3.63, 3.8) is 0 Å². The van der Waals surface area contributed by atoms with Crippen molar-refractivity contribution in [1.82, 2.24) is 0 Å². The zero-order valence-electron chi connectivity index (χ0n) is 16.5. The average molecular weight is 434 g/mol. The van der Waals surface area contributed by atoms with E-state index in [1.807, 2.05) is 12.1 Å². The number of phenolic OH excluding ortho intramolecular Hbond substituents is 2. The van der Waals surface area contributed by atoms with Gasteiger partial charge >= 0.3 is 11.9 Å². The maximum absolute atomic E-state index is 13.5. The lowest BCUT2D eigenvalue weighted by Gasteiger charge is -2.18. The van der Waals surface area contributed by atoms with Gasteiger partial charge in [0.2, 0.25) is 0 Å². The molecular weight excluding hydrogens is 412 g/mol. The van der Waals surface area contributed by atoms with E-state index < -0.39 is 54.5 Å². The van der Waals surface area contributed by atoms with Gasteiger partial charge < -0.3 is 19.7 Å². The molecule has 0 aromatic heterocycles. The number of carbonyl (C=O) groups is 2. The smallest absolute Gasteiger partial charge is 0.343 e. The minimum atomic E-state index is -4.34. The topological polar surface area (TPSA) is 127 Å². The number of benzene rings is 2. The molecule has 0 aliphatic heterocycles. The summed E-state index contributed by atoms with van der Waals surface area (Å²) in [6.07, 6.45) is 0.342. The molecule has 9 heteroatoms. The number of aromatic hydroxyl groups is 2. The third-order valence-corrected chi connectivity index (χ3v) is 7.12. The van der Waals surface area contributed by atoms with Gasteiger partial charge in [0.05, 0.1) is 18.5 Å². The quantitative estimate of drug-likeness (QED) is 0.524. The molecule has 0 atom stereocenters. The van der Waals surface area contributed by atoms with Crippen molar-refractivity contribution in [3.8, 4) is 11.5 Å². The van der Waals surface area contributed by atoms with Crippen LogP contribution in [0.3, 0.4) is 0 Å². The van der Waals surface area contributed by atoms with Crippen molar-refractivity contribution in [2.75, 3.05) is 13.2 Å². The summed E-state index contributed by atoms with van der Waals surface area (Å²) in [6.45, 7) is 2.95. The lowest BCUT2D eigenvalue weighted by atomic mass is 10.1. The number of carbonyl (C=O) groups excluding carboxylic acids is 2. The Labute approximate surface area is 174 Å². The molecule has 2 N–H and O–H groups in total. The highest BCUT2D eigenvalue weighted by Crippen LogP contribution is 2.41. The minimum absolute atomic E-state index is 0.0291. The lowest BCUT2D eigenvalue weighted by Crippen LogP contribution is -2.25. The summed E-state index contributed by atoms with van der Waals surface area (Å²) in [5, 5.41) is 20.1. The van der Waals surface area contributed by atoms with E-state index in [0.29, 0.717) is 0 Å². The zero-order valence-corrected chi connectivity index (χ0v) is 17.4. The summed E-state index contributed by atoms with van der Waals surface area (Å²) in [4.78, 5) is 23.8. The molecule has 0 saturated carbocycles. The first kappa shape index (κ1) is 21.6. The summed E-state index contributed by atoms with van der Waals surface area (Å²) in [5.41, 5.74) is 0.442. The Morgan fingerprint density at radius 2 is 1.53 bits per heavy atom. The Morgan fingerprint density at radius 1 is 1.00 bits per heavy atom. The van der Waals surface area contributed by atoms with Crippen LogP contribution in [0.15, 0.2) is 35.2 Å². The van der Waals surface area contributed by atoms with Crippen molar-refractivity contribution < 1.29 is 37.7 Å². The number of ether oxygens (including phenoxy) is 2. The van der Waals surface area contributed by atoms with Gasteiger partial charge in [-0.2, -0.15) is 0 Å². The fourth-order valence-corrected chi connectivity index (χ4v) is 5.56. The molecule has 0 saturated heterocycles. The van der Waals surface area contributed by atoms with Crippen LogP contribution in [-0.4, -0.2) is 49.0 Å². The summed E-state index contributed by atoms with van der Waals surface area (Å²) >= 11 is 0. The number of esters is 2. The minimum Gasteiger partial charge on any atom is -0.507 e. The number of hydrogen-bond acceptors (Lipinski definition) is 8. The van der Waals surface area contributed by atoms with E-state index in [-0.39, 0.29) is 26.1 Å². The van der Waals surface area contributed by atoms with Gasteiger partial charge in [-0.15, -0.1) is 0 Å². The second kappa shape index (κ2) is 8.35. The van der Waals surface area contributed by atoms with Crippen LogP contribution in [0.1, 0.15) is 45.7 Å². The van der Waals surface area contributed by atoms with E-state index >= 15 is 0 Å². The molecule has 30 heavy (non-hydrogen) atoms. The van der Waals surface area contributed by atoms with E-state index in [1.54, 1.807) is 12.1 Å². The van der Waals surface area contributed by atoms with Gasteiger partial charge in [0.1, 0.15) is 27.5 Å². The molecule has 0 heterocycles. The molecule has 0 unspecified atom stereocenters. The average Bonchev–Trinajstić information content (AvgIpc) is 3.14. The predicted octanol–water partition coefficient (Wildman–Crippen LogP) is 2.39. The van der Waals surface area contributed by atoms with Crippen molar-refractivity contribution in [1.29, 1.82) is 0 Å². The Morgan fingerprint density at radius 3 is 2.07 bits per heavy atom. The highest BCUT2D eigenvalue weighted by molar-refractivity contribution is 7.92. The predicted molar refractivity (Wildman–Crippen MR) is 107 cm³/mol. The molecule has 2 aromatic carbocycles. The zero-order chi connectivity index (χ0) is 22.1. The highest BCUT2D eigenvalue weighted by Gasteiger charge is 2.41. The standard InChI is InChI=1S/C21H22O8S/c1-3-28-20(24)15-11-16(22)17(21(25)29-4-2)19(18(15)23)30(26,27)14-9-12-7-5-6-8-13(12)10-14/h5-8,11,14,22-23H,3-4,9-10H2,1-2H3. The molecule has 0 fully saturated rings. The van der Waals surface area contributed by atoms with Gasteiger partial charge in [-0.25, -0.2) is 18.0 Å². The largest absolute Gasteiger partial charge is 0.507 e. The van der Waals surface area contributed by atoms with Gasteiger partial charge in [0, 0.05) is 0 Å². The molecule has 3 rings (SSSR count). The summed E-state index contributed by atoms with van der Waals surface area (Å²) in [6, 6.07) is 8.01. The molecule has 0 amide bonds. The molecule has 2 aromatic rings. The summed E-state index contributed by atoms with van der Waals surface area (Å²) in [5.74, 6) is -3.87. The number of rotatable bonds is 6. The van der Waals surface area contributed by atoms with Crippen molar-refractivity contribution in [3.05, 3.63) is 52.6 Å². The fourth-order valence-electron chi connectivity index (χ4n) is 3.58.